The van der Waals surface area contributed by atoms with Crippen LogP contribution >= 0.6 is 11.6 Å². The van der Waals surface area contributed by atoms with Gasteiger partial charge in [0.15, 0.2) is 0 Å². The number of nitro benzene ring substituents is 1. The Labute approximate surface area is 170 Å². The summed E-state index contributed by atoms with van der Waals surface area (Å²) in [6.45, 7) is 1.74. The van der Waals surface area contributed by atoms with Crippen molar-refractivity contribution in [3.63, 3.8) is 0 Å². The molecule has 0 saturated heterocycles. The lowest BCUT2D eigenvalue weighted by Crippen LogP contribution is -2.22. The average Bonchev–Trinajstić information content (AvgIpc) is 3.03. The zero-order valence-corrected chi connectivity index (χ0v) is 15.9. The monoisotopic (exact) mass is 407 g/mol. The normalized spacial score (nSPS) is 15.4. The predicted octanol–water partition coefficient (Wildman–Crippen LogP) is 3.96. The number of nitrogens with zero attached hydrogens (tertiary/aromatic N) is 4. The Morgan fingerprint density at radius 3 is 2.62 bits per heavy atom. The molecule has 29 heavy (non-hydrogen) atoms. The lowest BCUT2D eigenvalue weighted by molar-refractivity contribution is -0.385. The molecule has 0 bridgehead atoms. The zero-order chi connectivity index (χ0) is 20.7. The highest BCUT2D eigenvalue weighted by Crippen LogP contribution is 2.48. The summed E-state index contributed by atoms with van der Waals surface area (Å²) in [5, 5.41) is 26.1. The first-order chi connectivity index (χ1) is 13.9. The maximum atomic E-state index is 11.7. The van der Waals surface area contributed by atoms with Gasteiger partial charge < -0.3 is 10.5 Å². The standard InChI is InChI=1S/C20H14ClN5O3/c1-11-16-17(18-14(21)8-5-9-15(18)26(27)28)13(10-22)19(23)29-20(16)25(24-11)12-6-3-2-4-7-12/h2-9,17H,23H2,1H3. The van der Waals surface area contributed by atoms with E-state index in [2.05, 4.69) is 5.10 Å². The van der Waals surface area contributed by atoms with Crippen molar-refractivity contribution in [3.8, 4) is 17.6 Å². The van der Waals surface area contributed by atoms with Gasteiger partial charge >= 0.3 is 0 Å². The number of hydrogen-bond acceptors (Lipinski definition) is 6. The highest BCUT2D eigenvalue weighted by atomic mass is 35.5. The molecule has 2 heterocycles. The van der Waals surface area contributed by atoms with Gasteiger partial charge in [0.2, 0.25) is 11.8 Å². The van der Waals surface area contributed by atoms with Gasteiger partial charge in [0.25, 0.3) is 5.69 Å². The summed E-state index contributed by atoms with van der Waals surface area (Å²) in [7, 11) is 0. The molecule has 2 aromatic carbocycles. The van der Waals surface area contributed by atoms with E-state index in [0.29, 0.717) is 17.1 Å². The SMILES string of the molecule is Cc1nn(-c2ccccc2)c2c1C(c1c(Cl)cccc1[N+](=O)[O-])C(C#N)=C(N)O2. The number of nitro groups is 1. The van der Waals surface area contributed by atoms with Gasteiger partial charge in [-0.3, -0.25) is 10.1 Å². The molecular weight excluding hydrogens is 394 g/mol. The van der Waals surface area contributed by atoms with Gasteiger partial charge in [-0.2, -0.15) is 10.4 Å². The van der Waals surface area contributed by atoms with Crippen LogP contribution in [-0.4, -0.2) is 14.7 Å². The first-order valence-electron chi connectivity index (χ1n) is 8.59. The molecule has 1 atom stereocenters. The fraction of sp³-hybridized carbons (Fsp3) is 0.100. The number of aromatic nitrogens is 2. The fourth-order valence-corrected chi connectivity index (χ4v) is 3.80. The number of nitrogens with two attached hydrogens (primary N) is 1. The van der Waals surface area contributed by atoms with Crippen LogP contribution in [0.3, 0.4) is 0 Å². The van der Waals surface area contributed by atoms with E-state index < -0.39 is 10.8 Å². The predicted molar refractivity (Wildman–Crippen MR) is 106 cm³/mol. The largest absolute Gasteiger partial charge is 0.422 e. The number of ether oxygens (including phenoxy) is 1. The van der Waals surface area contributed by atoms with Crippen LogP contribution in [0.15, 0.2) is 60.0 Å². The van der Waals surface area contributed by atoms with Gasteiger partial charge in [-0.25, -0.2) is 4.68 Å². The highest BCUT2D eigenvalue weighted by molar-refractivity contribution is 6.31. The zero-order valence-electron chi connectivity index (χ0n) is 15.2. The number of hydrogen-bond donors (Lipinski definition) is 1. The molecule has 0 aliphatic carbocycles. The van der Waals surface area contributed by atoms with E-state index >= 15 is 0 Å². The third-order valence-corrected chi connectivity index (χ3v) is 5.08. The maximum absolute atomic E-state index is 11.7. The third-order valence-electron chi connectivity index (χ3n) is 4.75. The molecule has 2 N–H and O–H groups in total. The summed E-state index contributed by atoms with van der Waals surface area (Å²) >= 11 is 6.37. The molecule has 0 radical (unpaired) electrons. The van der Waals surface area contributed by atoms with E-state index in [1.54, 1.807) is 17.7 Å². The van der Waals surface area contributed by atoms with Crippen molar-refractivity contribution in [2.75, 3.05) is 0 Å². The summed E-state index contributed by atoms with van der Waals surface area (Å²) in [4.78, 5) is 11.2. The molecule has 0 fully saturated rings. The van der Waals surface area contributed by atoms with Crippen LogP contribution in [0.4, 0.5) is 5.69 Å². The summed E-state index contributed by atoms with van der Waals surface area (Å²) in [6, 6.07) is 15.6. The van der Waals surface area contributed by atoms with Crippen LogP contribution in [0.5, 0.6) is 5.88 Å². The van der Waals surface area contributed by atoms with Crippen molar-refractivity contribution < 1.29 is 9.66 Å². The van der Waals surface area contributed by atoms with Crippen LogP contribution < -0.4 is 10.5 Å². The lowest BCUT2D eigenvalue weighted by Gasteiger charge is -2.25. The first-order valence-corrected chi connectivity index (χ1v) is 8.97. The molecule has 0 spiro atoms. The number of benzene rings is 2. The molecule has 1 unspecified atom stereocenters. The molecule has 9 heteroatoms. The van der Waals surface area contributed by atoms with Gasteiger partial charge in [0, 0.05) is 6.07 Å². The van der Waals surface area contributed by atoms with Crippen LogP contribution in [0.2, 0.25) is 5.02 Å². The fourth-order valence-electron chi connectivity index (χ4n) is 3.52. The number of allylic oxidation sites excluding steroid dienone is 1. The van der Waals surface area contributed by atoms with Crippen molar-refractivity contribution in [3.05, 3.63) is 91.9 Å². The van der Waals surface area contributed by atoms with Crippen molar-refractivity contribution in [2.45, 2.75) is 12.8 Å². The first kappa shape index (κ1) is 18.5. The topological polar surface area (TPSA) is 120 Å². The van der Waals surface area contributed by atoms with E-state index in [1.807, 2.05) is 36.4 Å². The van der Waals surface area contributed by atoms with Gasteiger partial charge in [0.05, 0.1) is 38.4 Å². The minimum atomic E-state index is -0.879. The van der Waals surface area contributed by atoms with Gasteiger partial charge in [-0.05, 0) is 25.1 Å². The Bertz CT molecular complexity index is 1210. The number of aryl methyl sites for hydroxylation is 1. The van der Waals surface area contributed by atoms with E-state index in [4.69, 9.17) is 22.1 Å². The second-order valence-electron chi connectivity index (χ2n) is 6.41. The smallest absolute Gasteiger partial charge is 0.275 e. The number of fused-ring (bicyclic) bond motifs is 1. The number of para-hydroxylation sites is 1. The molecule has 1 aliphatic rings. The molecule has 1 aliphatic heterocycles. The van der Waals surface area contributed by atoms with E-state index in [-0.39, 0.29) is 27.7 Å². The summed E-state index contributed by atoms with van der Waals surface area (Å²) < 4.78 is 7.31. The second-order valence-corrected chi connectivity index (χ2v) is 6.81. The maximum Gasteiger partial charge on any atom is 0.275 e. The van der Waals surface area contributed by atoms with Crippen LogP contribution in [0, 0.1) is 28.4 Å². The number of nitriles is 1. The number of rotatable bonds is 3. The van der Waals surface area contributed by atoms with Crippen molar-refractivity contribution >= 4 is 17.3 Å². The molecule has 144 valence electrons. The molecule has 8 nitrogen and oxygen atoms in total. The van der Waals surface area contributed by atoms with Crippen LogP contribution in [0.25, 0.3) is 5.69 Å². The van der Waals surface area contributed by atoms with Crippen LogP contribution in [-0.2, 0) is 0 Å². The Morgan fingerprint density at radius 1 is 1.24 bits per heavy atom. The molecule has 0 amide bonds. The highest BCUT2D eigenvalue weighted by Gasteiger charge is 2.40. The van der Waals surface area contributed by atoms with Crippen LogP contribution in [0.1, 0.15) is 22.7 Å². The quantitative estimate of drug-likeness (QED) is 0.518. The Kier molecular flexibility index (Phi) is 4.45. The molecule has 0 saturated carbocycles. The molecular formula is C20H14ClN5O3. The third kappa shape index (κ3) is 2.88. The number of halogens is 1. The van der Waals surface area contributed by atoms with Crippen molar-refractivity contribution in [1.29, 1.82) is 5.26 Å². The van der Waals surface area contributed by atoms with Crippen molar-refractivity contribution in [1.82, 2.24) is 9.78 Å². The van der Waals surface area contributed by atoms with Crippen molar-refractivity contribution in [2.24, 2.45) is 5.73 Å². The minimum absolute atomic E-state index is 0.0458. The minimum Gasteiger partial charge on any atom is -0.422 e. The van der Waals surface area contributed by atoms with E-state index in [1.165, 1.54) is 12.1 Å². The Morgan fingerprint density at radius 2 is 1.97 bits per heavy atom. The summed E-state index contributed by atoms with van der Waals surface area (Å²) in [5.41, 5.74) is 7.84. The van der Waals surface area contributed by atoms with Gasteiger partial charge in [0.1, 0.15) is 11.6 Å². The lowest BCUT2D eigenvalue weighted by atomic mass is 9.83. The Balaban J connectivity index is 2.04. The Hall–Kier alpha value is -3.83. The summed E-state index contributed by atoms with van der Waals surface area (Å²) in [6.07, 6.45) is 0. The molecule has 4 rings (SSSR count). The molecule has 3 aromatic rings. The van der Waals surface area contributed by atoms with E-state index in [0.717, 1.165) is 5.69 Å². The van der Waals surface area contributed by atoms with Gasteiger partial charge in [-0.15, -0.1) is 0 Å². The molecule has 1 aromatic heterocycles. The van der Waals surface area contributed by atoms with E-state index in [9.17, 15) is 15.4 Å². The second kappa shape index (κ2) is 6.96. The summed E-state index contributed by atoms with van der Waals surface area (Å²) in [5.74, 6) is -0.726. The average molecular weight is 408 g/mol. The van der Waals surface area contributed by atoms with Gasteiger partial charge in [-0.1, -0.05) is 35.9 Å².